The van der Waals surface area contributed by atoms with Gasteiger partial charge in [0.05, 0.1) is 12.1 Å². The Bertz CT molecular complexity index is 688. The molecule has 0 aliphatic heterocycles. The third kappa shape index (κ3) is 3.41. The van der Waals surface area contributed by atoms with Crippen molar-refractivity contribution in [3.05, 3.63) is 59.8 Å². The van der Waals surface area contributed by atoms with Crippen molar-refractivity contribution in [3.63, 3.8) is 0 Å². The quantitative estimate of drug-likeness (QED) is 0.801. The zero-order chi connectivity index (χ0) is 16.3. The minimum Gasteiger partial charge on any atom is -0.383 e. The number of rotatable bonds is 6. The maximum absolute atomic E-state index is 12.5. The fourth-order valence-corrected chi connectivity index (χ4v) is 3.35. The Morgan fingerprint density at radius 1 is 1.30 bits per heavy atom. The first-order chi connectivity index (χ1) is 11.1. The fourth-order valence-electron chi connectivity index (χ4n) is 2.81. The lowest BCUT2D eigenvalue weighted by Gasteiger charge is -2.29. The van der Waals surface area contributed by atoms with E-state index in [9.17, 15) is 9.90 Å². The molecule has 1 amide bonds. The highest BCUT2D eigenvalue weighted by Crippen LogP contribution is 2.45. The summed E-state index contributed by atoms with van der Waals surface area (Å²) in [6.07, 6.45) is 5.55. The normalized spacial score (nSPS) is 16.6. The standard InChI is InChI=1S/C18H20N2O2S/c1-23-17-15(8-5-11-19-17)16(21)20-12-18(22,14-9-10-14)13-6-3-2-4-7-13/h2-8,11,14,22H,9-10,12H2,1H3,(H,20,21)/t18-/m1/s1. The number of thioether (sulfide) groups is 1. The maximum Gasteiger partial charge on any atom is 0.254 e. The first-order valence-corrected chi connectivity index (χ1v) is 8.92. The van der Waals surface area contributed by atoms with E-state index in [1.54, 1.807) is 18.3 Å². The van der Waals surface area contributed by atoms with Crippen LogP contribution in [0.1, 0.15) is 28.8 Å². The number of nitrogens with zero attached hydrogens (tertiary/aromatic N) is 1. The van der Waals surface area contributed by atoms with Crippen molar-refractivity contribution in [2.75, 3.05) is 12.8 Å². The number of aromatic nitrogens is 1. The Hall–Kier alpha value is -1.85. The molecule has 1 aliphatic carbocycles. The lowest BCUT2D eigenvalue weighted by atomic mass is 9.88. The summed E-state index contributed by atoms with van der Waals surface area (Å²) in [7, 11) is 0. The van der Waals surface area contributed by atoms with E-state index in [2.05, 4.69) is 10.3 Å². The van der Waals surface area contributed by atoms with Crippen molar-refractivity contribution in [2.24, 2.45) is 5.92 Å². The molecule has 1 heterocycles. The van der Waals surface area contributed by atoms with Crippen molar-refractivity contribution in [3.8, 4) is 0 Å². The third-order valence-electron chi connectivity index (χ3n) is 4.25. The molecule has 0 spiro atoms. The lowest BCUT2D eigenvalue weighted by Crippen LogP contribution is -2.42. The van der Waals surface area contributed by atoms with Gasteiger partial charge in [0.2, 0.25) is 0 Å². The molecule has 0 saturated heterocycles. The number of hydrogen-bond acceptors (Lipinski definition) is 4. The minimum absolute atomic E-state index is 0.197. The molecule has 1 fully saturated rings. The molecule has 1 atom stereocenters. The molecule has 0 radical (unpaired) electrons. The van der Waals surface area contributed by atoms with Crippen molar-refractivity contribution in [2.45, 2.75) is 23.5 Å². The van der Waals surface area contributed by atoms with Gasteiger partial charge in [0.25, 0.3) is 5.91 Å². The molecule has 1 aromatic carbocycles. The molecule has 1 aromatic heterocycles. The first-order valence-electron chi connectivity index (χ1n) is 7.70. The highest BCUT2D eigenvalue weighted by atomic mass is 32.2. The number of hydrogen-bond donors (Lipinski definition) is 2. The van der Waals surface area contributed by atoms with Crippen LogP contribution in [0.2, 0.25) is 0 Å². The maximum atomic E-state index is 12.5. The average Bonchev–Trinajstić information content (AvgIpc) is 3.45. The molecule has 3 rings (SSSR count). The van der Waals surface area contributed by atoms with Gasteiger partial charge < -0.3 is 10.4 Å². The van der Waals surface area contributed by atoms with Crippen LogP contribution in [-0.4, -0.2) is 28.8 Å². The number of pyridine rings is 1. The number of nitrogens with one attached hydrogen (secondary N) is 1. The highest BCUT2D eigenvalue weighted by molar-refractivity contribution is 7.98. The number of carbonyl (C=O) groups excluding carboxylic acids is 1. The van der Waals surface area contributed by atoms with Crippen LogP contribution in [0.4, 0.5) is 0 Å². The fraction of sp³-hybridized carbons (Fsp3) is 0.333. The highest BCUT2D eigenvalue weighted by Gasteiger charge is 2.45. The van der Waals surface area contributed by atoms with Gasteiger partial charge in [-0.25, -0.2) is 4.98 Å². The largest absolute Gasteiger partial charge is 0.383 e. The van der Waals surface area contributed by atoms with Crippen LogP contribution in [0.15, 0.2) is 53.7 Å². The third-order valence-corrected chi connectivity index (χ3v) is 4.97. The number of benzene rings is 1. The zero-order valence-corrected chi connectivity index (χ0v) is 13.8. The van der Waals surface area contributed by atoms with Gasteiger partial charge in [-0.2, -0.15) is 0 Å². The van der Waals surface area contributed by atoms with Gasteiger partial charge in [-0.15, -0.1) is 11.8 Å². The second kappa shape index (κ2) is 6.72. The van der Waals surface area contributed by atoms with E-state index in [0.29, 0.717) is 10.6 Å². The summed E-state index contributed by atoms with van der Waals surface area (Å²) in [6.45, 7) is 0.212. The molecular weight excluding hydrogens is 308 g/mol. The van der Waals surface area contributed by atoms with Crippen molar-refractivity contribution < 1.29 is 9.90 Å². The monoisotopic (exact) mass is 328 g/mol. The molecule has 1 saturated carbocycles. The molecular formula is C18H20N2O2S. The molecule has 2 aromatic rings. The predicted molar refractivity (Wildman–Crippen MR) is 91.4 cm³/mol. The number of amides is 1. The second-order valence-electron chi connectivity index (χ2n) is 5.81. The van der Waals surface area contributed by atoms with Crippen LogP contribution in [0.5, 0.6) is 0 Å². The van der Waals surface area contributed by atoms with E-state index in [4.69, 9.17) is 0 Å². The zero-order valence-electron chi connectivity index (χ0n) is 13.0. The van der Waals surface area contributed by atoms with E-state index in [-0.39, 0.29) is 18.4 Å². The van der Waals surface area contributed by atoms with Crippen LogP contribution >= 0.6 is 11.8 Å². The number of aliphatic hydroxyl groups is 1. The van der Waals surface area contributed by atoms with Crippen LogP contribution in [-0.2, 0) is 5.60 Å². The van der Waals surface area contributed by atoms with Gasteiger partial charge in [0.15, 0.2) is 0 Å². The van der Waals surface area contributed by atoms with Crippen molar-refractivity contribution >= 4 is 17.7 Å². The molecule has 4 nitrogen and oxygen atoms in total. The molecule has 1 aliphatic rings. The predicted octanol–water partition coefficient (Wildman–Crippen LogP) is 2.83. The number of carbonyl (C=O) groups is 1. The lowest BCUT2D eigenvalue weighted by molar-refractivity contribution is 0.0134. The summed E-state index contributed by atoms with van der Waals surface area (Å²) in [5.74, 6) is 0.0107. The smallest absolute Gasteiger partial charge is 0.254 e. The summed E-state index contributed by atoms with van der Waals surface area (Å²) in [5.41, 5.74) is 0.406. The summed E-state index contributed by atoms with van der Waals surface area (Å²) in [4.78, 5) is 16.7. The van der Waals surface area contributed by atoms with Crippen LogP contribution in [0, 0.1) is 5.92 Å². The topological polar surface area (TPSA) is 62.2 Å². The van der Waals surface area contributed by atoms with Gasteiger partial charge in [-0.3, -0.25) is 4.79 Å². The Morgan fingerprint density at radius 3 is 2.70 bits per heavy atom. The van der Waals surface area contributed by atoms with Gasteiger partial charge in [-0.1, -0.05) is 30.3 Å². The summed E-state index contributed by atoms with van der Waals surface area (Å²) >= 11 is 1.44. The van der Waals surface area contributed by atoms with Crippen LogP contribution in [0.25, 0.3) is 0 Å². The molecule has 23 heavy (non-hydrogen) atoms. The minimum atomic E-state index is -1.00. The van der Waals surface area contributed by atoms with E-state index >= 15 is 0 Å². The second-order valence-corrected chi connectivity index (χ2v) is 6.60. The first kappa shape index (κ1) is 16.0. The SMILES string of the molecule is CSc1ncccc1C(=O)NC[C@@](O)(c1ccccc1)C1CC1. The Labute approximate surface area is 140 Å². The van der Waals surface area contributed by atoms with Crippen LogP contribution in [0.3, 0.4) is 0 Å². The molecule has 0 bridgehead atoms. The van der Waals surface area contributed by atoms with Gasteiger partial charge in [0, 0.05) is 6.20 Å². The van der Waals surface area contributed by atoms with Crippen LogP contribution < -0.4 is 5.32 Å². The van der Waals surface area contributed by atoms with E-state index in [1.807, 2.05) is 36.6 Å². The van der Waals surface area contributed by atoms with Gasteiger partial charge in [-0.05, 0) is 42.7 Å². The summed E-state index contributed by atoms with van der Waals surface area (Å²) in [6, 6.07) is 13.1. The van der Waals surface area contributed by atoms with Gasteiger partial charge in [0.1, 0.15) is 10.6 Å². The summed E-state index contributed by atoms with van der Waals surface area (Å²) in [5, 5.41) is 14.7. The molecule has 2 N–H and O–H groups in total. The van der Waals surface area contributed by atoms with Crippen molar-refractivity contribution in [1.82, 2.24) is 10.3 Å². The Morgan fingerprint density at radius 2 is 2.04 bits per heavy atom. The molecule has 0 unspecified atom stereocenters. The van der Waals surface area contributed by atoms with E-state index in [1.165, 1.54) is 11.8 Å². The Balaban J connectivity index is 1.76. The van der Waals surface area contributed by atoms with Gasteiger partial charge >= 0.3 is 0 Å². The van der Waals surface area contributed by atoms with E-state index in [0.717, 1.165) is 18.4 Å². The average molecular weight is 328 g/mol. The Kier molecular flexibility index (Phi) is 4.68. The van der Waals surface area contributed by atoms with E-state index < -0.39 is 5.60 Å². The molecule has 120 valence electrons. The van der Waals surface area contributed by atoms with Crippen molar-refractivity contribution in [1.29, 1.82) is 0 Å². The summed E-state index contributed by atoms with van der Waals surface area (Å²) < 4.78 is 0. The molecule has 5 heteroatoms.